The molecule has 0 aliphatic rings. The number of rotatable bonds is 11. The molecule has 0 saturated heterocycles. The Kier molecular flexibility index (Phi) is 9.92. The number of anilines is 2. The molecule has 4 aromatic rings. The largest absolute Gasteiger partial charge is 0.459 e. The predicted molar refractivity (Wildman–Crippen MR) is 155 cm³/mol. The van der Waals surface area contributed by atoms with Crippen molar-refractivity contribution >= 4 is 40.1 Å². The maximum Gasteiger partial charge on any atom is 0.328 e. The molecule has 0 fully saturated rings. The van der Waals surface area contributed by atoms with Crippen LogP contribution in [0.15, 0.2) is 121 Å². The van der Waals surface area contributed by atoms with E-state index in [1.807, 2.05) is 109 Å². The SMILES string of the molecule is CC(CSC(=O)c1ccccc1)C(=O)N(CC(=O)OCc1ccccc1)N(c1ccccc1)c1ccccc1. The minimum Gasteiger partial charge on any atom is -0.459 e. The van der Waals surface area contributed by atoms with Crippen molar-refractivity contribution in [3.63, 3.8) is 0 Å². The summed E-state index contributed by atoms with van der Waals surface area (Å²) in [5, 5.41) is 3.04. The Morgan fingerprint density at radius 3 is 1.74 bits per heavy atom. The minimum atomic E-state index is -0.556. The summed E-state index contributed by atoms with van der Waals surface area (Å²) in [5.41, 5.74) is 2.87. The van der Waals surface area contributed by atoms with Gasteiger partial charge in [-0.05, 0) is 29.8 Å². The third-order valence-electron chi connectivity index (χ3n) is 5.91. The van der Waals surface area contributed by atoms with Crippen molar-refractivity contribution in [1.82, 2.24) is 5.01 Å². The van der Waals surface area contributed by atoms with Crippen LogP contribution in [0.2, 0.25) is 0 Å². The Labute approximate surface area is 233 Å². The molecule has 0 aromatic heterocycles. The molecule has 0 spiro atoms. The summed E-state index contributed by atoms with van der Waals surface area (Å²) in [7, 11) is 0. The van der Waals surface area contributed by atoms with E-state index in [4.69, 9.17) is 4.74 Å². The molecular formula is C32H30N2O4S. The van der Waals surface area contributed by atoms with E-state index in [9.17, 15) is 14.4 Å². The predicted octanol–water partition coefficient (Wildman–Crippen LogP) is 6.52. The smallest absolute Gasteiger partial charge is 0.328 e. The Hall–Kier alpha value is -4.36. The van der Waals surface area contributed by atoms with Crippen LogP contribution in [0.4, 0.5) is 11.4 Å². The standard InChI is InChI=1S/C32H30N2O4S/c1-25(24-39-32(37)27-16-8-3-9-17-27)31(36)33(22-30(35)38-23-26-14-6-2-7-15-26)34(28-18-10-4-11-19-28)29-20-12-5-13-21-29/h2-21,25H,22-24H2,1H3. The number of hydrazine groups is 1. The Morgan fingerprint density at radius 1 is 0.718 bits per heavy atom. The van der Waals surface area contributed by atoms with Gasteiger partial charge in [0, 0.05) is 17.2 Å². The van der Waals surface area contributed by atoms with Gasteiger partial charge >= 0.3 is 5.97 Å². The van der Waals surface area contributed by atoms with Gasteiger partial charge in [0.2, 0.25) is 11.0 Å². The summed E-state index contributed by atoms with van der Waals surface area (Å²) in [6.45, 7) is 1.58. The van der Waals surface area contributed by atoms with Crippen molar-refractivity contribution in [2.45, 2.75) is 13.5 Å². The number of benzene rings is 4. The van der Waals surface area contributed by atoms with E-state index in [1.165, 1.54) is 5.01 Å². The van der Waals surface area contributed by atoms with E-state index in [-0.39, 0.29) is 29.9 Å². The second-order valence-corrected chi connectivity index (χ2v) is 9.88. The summed E-state index contributed by atoms with van der Waals surface area (Å²) in [4.78, 5) is 39.7. The Bertz CT molecular complexity index is 1310. The highest BCUT2D eigenvalue weighted by atomic mass is 32.2. The van der Waals surface area contributed by atoms with E-state index in [2.05, 4.69) is 0 Å². The van der Waals surface area contributed by atoms with Gasteiger partial charge in [-0.3, -0.25) is 19.4 Å². The van der Waals surface area contributed by atoms with Crippen LogP contribution in [-0.4, -0.2) is 34.3 Å². The molecule has 0 N–H and O–H groups in total. The highest BCUT2D eigenvalue weighted by Gasteiger charge is 2.30. The lowest BCUT2D eigenvalue weighted by atomic mass is 10.2. The quantitative estimate of drug-likeness (QED) is 0.160. The fourth-order valence-electron chi connectivity index (χ4n) is 3.90. The van der Waals surface area contributed by atoms with E-state index >= 15 is 0 Å². The second-order valence-electron chi connectivity index (χ2n) is 8.89. The van der Waals surface area contributed by atoms with Crippen LogP contribution in [0.25, 0.3) is 0 Å². The molecule has 4 aromatic carbocycles. The summed E-state index contributed by atoms with van der Waals surface area (Å²) in [6, 6.07) is 37.2. The van der Waals surface area contributed by atoms with Crippen LogP contribution in [-0.2, 0) is 20.9 Å². The first-order valence-electron chi connectivity index (χ1n) is 12.7. The maximum absolute atomic E-state index is 13.9. The molecule has 1 atom stereocenters. The zero-order valence-electron chi connectivity index (χ0n) is 21.7. The fraction of sp³-hybridized carbons (Fsp3) is 0.156. The topological polar surface area (TPSA) is 66.9 Å². The average molecular weight is 539 g/mol. The first-order valence-corrected chi connectivity index (χ1v) is 13.6. The number of ether oxygens (including phenoxy) is 1. The zero-order valence-corrected chi connectivity index (χ0v) is 22.5. The number of hydrogen-bond acceptors (Lipinski definition) is 6. The van der Waals surface area contributed by atoms with Gasteiger partial charge < -0.3 is 4.74 Å². The number of carbonyl (C=O) groups is 3. The van der Waals surface area contributed by atoms with Crippen LogP contribution < -0.4 is 5.01 Å². The molecule has 0 aliphatic heterocycles. The van der Waals surface area contributed by atoms with Gasteiger partial charge in [0.15, 0.2) is 0 Å². The molecule has 6 nitrogen and oxygen atoms in total. The molecule has 198 valence electrons. The van der Waals surface area contributed by atoms with Crippen molar-refractivity contribution in [3.05, 3.63) is 132 Å². The zero-order chi connectivity index (χ0) is 27.5. The maximum atomic E-state index is 13.9. The lowest BCUT2D eigenvalue weighted by Crippen LogP contribution is -2.49. The first-order chi connectivity index (χ1) is 19.0. The van der Waals surface area contributed by atoms with E-state index in [1.54, 1.807) is 24.1 Å². The first kappa shape index (κ1) is 27.7. The monoisotopic (exact) mass is 538 g/mol. The second kappa shape index (κ2) is 14.0. The highest BCUT2D eigenvalue weighted by Crippen LogP contribution is 2.29. The van der Waals surface area contributed by atoms with Gasteiger partial charge in [-0.15, -0.1) is 0 Å². The van der Waals surface area contributed by atoms with Crippen molar-refractivity contribution in [2.24, 2.45) is 5.92 Å². The molecular weight excluding hydrogens is 508 g/mol. The molecule has 4 rings (SSSR count). The van der Waals surface area contributed by atoms with Crippen LogP contribution in [0, 0.1) is 5.92 Å². The average Bonchev–Trinajstić information content (AvgIpc) is 3.00. The van der Waals surface area contributed by atoms with Gasteiger partial charge in [-0.25, -0.2) is 5.01 Å². The number of amides is 1. The van der Waals surface area contributed by atoms with Gasteiger partial charge in [0.25, 0.3) is 0 Å². The van der Waals surface area contributed by atoms with Gasteiger partial charge in [-0.1, -0.05) is 116 Å². The fourth-order valence-corrected chi connectivity index (χ4v) is 4.75. The number of carbonyl (C=O) groups excluding carboxylic acids is 3. The summed E-state index contributed by atoms with van der Waals surface area (Å²) >= 11 is 1.09. The molecule has 1 amide bonds. The number of esters is 1. The van der Waals surface area contributed by atoms with Crippen molar-refractivity contribution < 1.29 is 19.1 Å². The van der Waals surface area contributed by atoms with Gasteiger partial charge in [0.05, 0.1) is 11.4 Å². The lowest BCUT2D eigenvalue weighted by Gasteiger charge is -2.37. The lowest BCUT2D eigenvalue weighted by molar-refractivity contribution is -0.151. The summed E-state index contributed by atoms with van der Waals surface area (Å²) in [5.74, 6) is -1.13. The van der Waals surface area contributed by atoms with Crippen molar-refractivity contribution in [2.75, 3.05) is 17.3 Å². The molecule has 0 saturated carbocycles. The van der Waals surface area contributed by atoms with E-state index in [0.717, 1.165) is 17.3 Å². The molecule has 0 bridgehead atoms. The molecule has 7 heteroatoms. The van der Waals surface area contributed by atoms with E-state index in [0.29, 0.717) is 16.9 Å². The number of nitrogens with zero attached hydrogens (tertiary/aromatic N) is 2. The molecule has 0 aliphatic carbocycles. The highest BCUT2D eigenvalue weighted by molar-refractivity contribution is 8.14. The molecule has 39 heavy (non-hydrogen) atoms. The molecule has 0 heterocycles. The normalized spacial score (nSPS) is 11.3. The van der Waals surface area contributed by atoms with Crippen molar-refractivity contribution in [1.29, 1.82) is 0 Å². The Morgan fingerprint density at radius 2 is 1.21 bits per heavy atom. The van der Waals surface area contributed by atoms with E-state index < -0.39 is 11.9 Å². The van der Waals surface area contributed by atoms with Crippen LogP contribution in [0.1, 0.15) is 22.8 Å². The number of hydrogen-bond donors (Lipinski definition) is 0. The number of thioether (sulfide) groups is 1. The van der Waals surface area contributed by atoms with Gasteiger partial charge in [0.1, 0.15) is 13.2 Å². The van der Waals surface area contributed by atoms with Crippen LogP contribution in [0.3, 0.4) is 0 Å². The minimum absolute atomic E-state index is 0.105. The third-order valence-corrected chi connectivity index (χ3v) is 7.08. The van der Waals surface area contributed by atoms with Crippen LogP contribution >= 0.6 is 11.8 Å². The summed E-state index contributed by atoms with van der Waals surface area (Å²) < 4.78 is 5.55. The molecule has 1 unspecified atom stereocenters. The Balaban J connectivity index is 1.57. The molecule has 0 radical (unpaired) electrons. The van der Waals surface area contributed by atoms with Crippen LogP contribution in [0.5, 0.6) is 0 Å². The van der Waals surface area contributed by atoms with Crippen molar-refractivity contribution in [3.8, 4) is 0 Å². The number of para-hydroxylation sites is 2. The third kappa shape index (κ3) is 7.82. The van der Waals surface area contributed by atoms with Gasteiger partial charge in [-0.2, -0.15) is 0 Å². The summed E-state index contributed by atoms with van der Waals surface area (Å²) in [6.07, 6.45) is 0.